The lowest BCUT2D eigenvalue weighted by atomic mass is 10.1. The van der Waals surface area contributed by atoms with Gasteiger partial charge >= 0.3 is 0 Å². The van der Waals surface area contributed by atoms with Gasteiger partial charge in [0, 0.05) is 25.7 Å². The molecule has 0 aromatic carbocycles. The van der Waals surface area contributed by atoms with Crippen LogP contribution in [0.15, 0.2) is 0 Å². The molecule has 0 spiro atoms. The lowest BCUT2D eigenvalue weighted by molar-refractivity contribution is 0.243. The first-order valence-electron chi connectivity index (χ1n) is 7.68. The van der Waals surface area contributed by atoms with E-state index in [4.69, 9.17) is 0 Å². The third-order valence-electron chi connectivity index (χ3n) is 4.09. The smallest absolute Gasteiger partial charge is 0.279 e. The molecule has 0 radical (unpaired) electrons. The molecule has 2 N–H and O–H groups in total. The van der Waals surface area contributed by atoms with Gasteiger partial charge in [0.05, 0.1) is 0 Å². The molecule has 5 nitrogen and oxygen atoms in total. The minimum absolute atomic E-state index is 0.110. The molecule has 2 heterocycles. The van der Waals surface area contributed by atoms with Crippen molar-refractivity contribution >= 4 is 22.0 Å². The van der Waals surface area contributed by atoms with Crippen LogP contribution in [0.4, 0.5) is 0 Å². The van der Waals surface area contributed by atoms with Crippen LogP contribution in [0.2, 0.25) is 0 Å². The molecular weight excluding hydrogens is 294 g/mol. The van der Waals surface area contributed by atoms with Gasteiger partial charge < -0.3 is 5.32 Å². The maximum atomic E-state index is 12.5. The van der Waals surface area contributed by atoms with Crippen molar-refractivity contribution in [3.8, 4) is 0 Å². The monoisotopic (exact) mass is 321 g/mol. The molecule has 2 saturated heterocycles. The Labute approximate surface area is 127 Å². The number of hydrogen-bond donors (Lipinski definition) is 2. The van der Waals surface area contributed by atoms with Crippen molar-refractivity contribution < 1.29 is 8.42 Å². The number of rotatable bonds is 7. The van der Waals surface area contributed by atoms with Gasteiger partial charge in [0.1, 0.15) is 0 Å². The normalized spacial score (nSPS) is 28.9. The van der Waals surface area contributed by atoms with E-state index in [1.165, 1.54) is 5.75 Å². The molecule has 0 aliphatic carbocycles. The third kappa shape index (κ3) is 4.59. The van der Waals surface area contributed by atoms with Gasteiger partial charge in [-0.2, -0.15) is 24.5 Å². The highest BCUT2D eigenvalue weighted by Crippen LogP contribution is 2.24. The molecule has 0 aromatic heterocycles. The van der Waals surface area contributed by atoms with Crippen LogP contribution in [0.3, 0.4) is 0 Å². The molecule has 2 fully saturated rings. The topological polar surface area (TPSA) is 61.4 Å². The Bertz CT molecular complexity index is 383. The zero-order valence-electron chi connectivity index (χ0n) is 12.3. The van der Waals surface area contributed by atoms with Crippen LogP contribution >= 0.6 is 11.8 Å². The predicted molar refractivity (Wildman–Crippen MR) is 85.2 cm³/mol. The Balaban J connectivity index is 1.90. The zero-order valence-corrected chi connectivity index (χ0v) is 13.9. The Kier molecular flexibility index (Phi) is 6.61. The SMILES string of the molecule is CCNCC1CCCCN1S(=O)(=O)NCC1CCSC1. The van der Waals surface area contributed by atoms with E-state index >= 15 is 0 Å². The van der Waals surface area contributed by atoms with E-state index in [-0.39, 0.29) is 6.04 Å². The Morgan fingerprint density at radius 2 is 2.10 bits per heavy atom. The fourth-order valence-corrected chi connectivity index (χ4v) is 5.69. The predicted octanol–water partition coefficient (Wildman–Crippen LogP) is 1.04. The Morgan fingerprint density at radius 1 is 1.25 bits per heavy atom. The second-order valence-corrected chi connectivity index (χ2v) is 8.51. The van der Waals surface area contributed by atoms with Crippen LogP contribution < -0.4 is 10.0 Å². The number of thioether (sulfide) groups is 1. The highest BCUT2D eigenvalue weighted by molar-refractivity contribution is 7.99. The first kappa shape index (κ1) is 16.5. The van der Waals surface area contributed by atoms with Crippen molar-refractivity contribution in [1.29, 1.82) is 0 Å². The average molecular weight is 322 g/mol. The Hall–Kier alpha value is 0.180. The van der Waals surface area contributed by atoms with Crippen LogP contribution in [0.25, 0.3) is 0 Å². The van der Waals surface area contributed by atoms with Crippen molar-refractivity contribution in [1.82, 2.24) is 14.3 Å². The van der Waals surface area contributed by atoms with Gasteiger partial charge in [0.15, 0.2) is 0 Å². The van der Waals surface area contributed by atoms with Crippen LogP contribution in [0.1, 0.15) is 32.6 Å². The van der Waals surface area contributed by atoms with Crippen molar-refractivity contribution in [2.24, 2.45) is 5.92 Å². The van der Waals surface area contributed by atoms with E-state index in [1.807, 2.05) is 11.8 Å². The van der Waals surface area contributed by atoms with Gasteiger partial charge in [-0.1, -0.05) is 13.3 Å². The highest BCUT2D eigenvalue weighted by atomic mass is 32.2. The van der Waals surface area contributed by atoms with Crippen molar-refractivity contribution in [2.75, 3.05) is 37.7 Å². The number of nitrogens with one attached hydrogen (secondary N) is 2. The summed E-state index contributed by atoms with van der Waals surface area (Å²) in [4.78, 5) is 0. The average Bonchev–Trinajstić information content (AvgIpc) is 2.97. The Morgan fingerprint density at radius 3 is 2.80 bits per heavy atom. The van der Waals surface area contributed by atoms with Crippen molar-refractivity contribution in [2.45, 2.75) is 38.6 Å². The standard InChI is InChI=1S/C13H27N3O2S2/c1-2-14-10-13-5-3-4-7-16(13)20(17,18)15-9-12-6-8-19-11-12/h12-15H,2-11H2,1H3. The summed E-state index contributed by atoms with van der Waals surface area (Å²) >= 11 is 1.92. The summed E-state index contributed by atoms with van der Waals surface area (Å²) in [6, 6.07) is 0.110. The maximum absolute atomic E-state index is 12.5. The van der Waals surface area contributed by atoms with Gasteiger partial charge in [-0.3, -0.25) is 0 Å². The van der Waals surface area contributed by atoms with Crippen LogP contribution in [-0.2, 0) is 10.2 Å². The summed E-state index contributed by atoms with van der Waals surface area (Å²) in [5.74, 6) is 2.76. The number of piperidine rings is 1. The quantitative estimate of drug-likeness (QED) is 0.735. The third-order valence-corrected chi connectivity index (χ3v) is 6.95. The first-order valence-corrected chi connectivity index (χ1v) is 10.3. The first-order chi connectivity index (χ1) is 9.63. The lowest BCUT2D eigenvalue weighted by Gasteiger charge is -2.35. The minimum atomic E-state index is -3.32. The molecule has 2 aliphatic rings. The van der Waals surface area contributed by atoms with E-state index in [9.17, 15) is 8.42 Å². The molecule has 2 rings (SSSR count). The number of nitrogens with zero attached hydrogens (tertiary/aromatic N) is 1. The number of hydrogen-bond acceptors (Lipinski definition) is 4. The van der Waals surface area contributed by atoms with Crippen LogP contribution in [0.5, 0.6) is 0 Å². The summed E-state index contributed by atoms with van der Waals surface area (Å²) in [6.45, 7) is 4.95. The van der Waals surface area contributed by atoms with Crippen LogP contribution in [-0.4, -0.2) is 56.4 Å². The van der Waals surface area contributed by atoms with E-state index in [0.29, 0.717) is 19.0 Å². The van der Waals surface area contributed by atoms with E-state index in [2.05, 4.69) is 17.0 Å². The molecule has 0 aromatic rings. The van der Waals surface area contributed by atoms with Crippen molar-refractivity contribution in [3.05, 3.63) is 0 Å². The maximum Gasteiger partial charge on any atom is 0.279 e. The fraction of sp³-hybridized carbons (Fsp3) is 1.00. The molecule has 2 aliphatic heterocycles. The van der Waals surface area contributed by atoms with Crippen LogP contribution in [0, 0.1) is 5.92 Å². The molecule has 0 bridgehead atoms. The summed E-state index contributed by atoms with van der Waals surface area (Å²) in [5.41, 5.74) is 0. The molecule has 0 saturated carbocycles. The summed E-state index contributed by atoms with van der Waals surface area (Å²) in [7, 11) is -3.32. The van der Waals surface area contributed by atoms with E-state index in [0.717, 1.165) is 44.5 Å². The molecular formula is C13H27N3O2S2. The van der Waals surface area contributed by atoms with E-state index in [1.54, 1.807) is 4.31 Å². The number of likely N-dealkylation sites (N-methyl/N-ethyl adjacent to an activating group) is 1. The molecule has 2 atom stereocenters. The van der Waals surface area contributed by atoms with Gasteiger partial charge in [0.25, 0.3) is 10.2 Å². The van der Waals surface area contributed by atoms with E-state index < -0.39 is 10.2 Å². The molecule has 20 heavy (non-hydrogen) atoms. The molecule has 0 amide bonds. The van der Waals surface area contributed by atoms with Crippen molar-refractivity contribution in [3.63, 3.8) is 0 Å². The zero-order chi connectivity index (χ0) is 14.4. The second kappa shape index (κ2) is 7.98. The summed E-state index contributed by atoms with van der Waals surface area (Å²) in [5, 5.41) is 3.28. The van der Waals surface area contributed by atoms with Gasteiger partial charge in [0.2, 0.25) is 0 Å². The highest BCUT2D eigenvalue weighted by Gasteiger charge is 2.32. The minimum Gasteiger partial charge on any atom is -0.315 e. The fourth-order valence-electron chi connectivity index (χ4n) is 2.86. The second-order valence-electron chi connectivity index (χ2n) is 5.65. The molecule has 118 valence electrons. The van der Waals surface area contributed by atoms with Gasteiger partial charge in [-0.25, -0.2) is 4.72 Å². The molecule has 2 unspecified atom stereocenters. The summed E-state index contributed by atoms with van der Waals surface area (Å²) in [6.07, 6.45) is 4.20. The van der Waals surface area contributed by atoms with Gasteiger partial charge in [-0.05, 0) is 43.2 Å². The van der Waals surface area contributed by atoms with Gasteiger partial charge in [-0.15, -0.1) is 0 Å². The lowest BCUT2D eigenvalue weighted by Crippen LogP contribution is -2.53. The largest absolute Gasteiger partial charge is 0.315 e. The summed E-state index contributed by atoms with van der Waals surface area (Å²) < 4.78 is 29.5. The molecule has 7 heteroatoms.